The van der Waals surface area contributed by atoms with Crippen molar-refractivity contribution in [3.8, 4) is 0 Å². The molecular weight excluding hydrogens is 330 g/mol. The molecule has 0 spiro atoms. The van der Waals surface area contributed by atoms with Crippen LogP contribution in [0.4, 0.5) is 0 Å². The summed E-state index contributed by atoms with van der Waals surface area (Å²) in [4.78, 5) is 21.0. The fourth-order valence-electron chi connectivity index (χ4n) is 2.62. The summed E-state index contributed by atoms with van der Waals surface area (Å²) in [5.74, 6) is 1.95. The molecule has 2 aromatic carbocycles. The topological polar surface area (TPSA) is 57.8 Å². The van der Waals surface area contributed by atoms with E-state index < -0.39 is 0 Å². The van der Waals surface area contributed by atoms with Crippen molar-refractivity contribution in [1.82, 2.24) is 15.3 Å². The summed E-state index contributed by atoms with van der Waals surface area (Å²) in [6, 6.07) is 16.4. The lowest BCUT2D eigenvalue weighted by atomic mass is 10.2. The molecule has 0 aliphatic heterocycles. The van der Waals surface area contributed by atoms with E-state index in [1.165, 1.54) is 10.5 Å². The Morgan fingerprint density at radius 3 is 2.76 bits per heavy atom. The number of aromatic nitrogens is 2. The largest absolute Gasteiger partial charge is 0.355 e. The van der Waals surface area contributed by atoms with E-state index in [1.54, 1.807) is 11.8 Å². The Kier molecular flexibility index (Phi) is 6.12. The predicted octanol–water partition coefficient (Wildman–Crippen LogP) is 4.10. The molecule has 1 aromatic heterocycles. The highest BCUT2D eigenvalue weighted by molar-refractivity contribution is 7.99. The average Bonchev–Trinajstić information content (AvgIpc) is 3.03. The second-order valence-electron chi connectivity index (χ2n) is 6.07. The van der Waals surface area contributed by atoms with Gasteiger partial charge in [-0.3, -0.25) is 4.79 Å². The number of fused-ring (bicyclic) bond motifs is 1. The van der Waals surface area contributed by atoms with Crippen molar-refractivity contribution in [1.29, 1.82) is 0 Å². The van der Waals surface area contributed by atoms with E-state index in [0.717, 1.165) is 35.5 Å². The Balaban J connectivity index is 1.32. The van der Waals surface area contributed by atoms with Gasteiger partial charge in [-0.25, -0.2) is 4.98 Å². The second kappa shape index (κ2) is 8.72. The van der Waals surface area contributed by atoms with Gasteiger partial charge in [-0.2, -0.15) is 0 Å². The van der Waals surface area contributed by atoms with Gasteiger partial charge < -0.3 is 10.3 Å². The minimum atomic E-state index is 0.112. The van der Waals surface area contributed by atoms with Gasteiger partial charge in [0, 0.05) is 30.0 Å². The van der Waals surface area contributed by atoms with Crippen LogP contribution in [0.15, 0.2) is 53.4 Å². The molecule has 3 aromatic rings. The monoisotopic (exact) mass is 353 g/mol. The van der Waals surface area contributed by atoms with Crippen LogP contribution in [0.1, 0.15) is 24.2 Å². The Bertz CT molecular complexity index is 793. The van der Waals surface area contributed by atoms with Crippen LogP contribution >= 0.6 is 11.8 Å². The number of aryl methyl sites for hydroxylation is 2. The normalized spacial score (nSPS) is 10.9. The minimum absolute atomic E-state index is 0.112. The molecule has 130 valence electrons. The molecule has 0 radical (unpaired) electrons. The van der Waals surface area contributed by atoms with Crippen molar-refractivity contribution < 1.29 is 4.79 Å². The first kappa shape index (κ1) is 17.5. The molecule has 4 nitrogen and oxygen atoms in total. The maximum atomic E-state index is 11.9. The average molecular weight is 353 g/mol. The first-order valence-corrected chi connectivity index (χ1v) is 9.59. The van der Waals surface area contributed by atoms with Gasteiger partial charge in [0.25, 0.3) is 0 Å². The van der Waals surface area contributed by atoms with Crippen LogP contribution in [-0.2, 0) is 11.2 Å². The summed E-state index contributed by atoms with van der Waals surface area (Å²) < 4.78 is 0. The van der Waals surface area contributed by atoms with E-state index in [4.69, 9.17) is 0 Å². The van der Waals surface area contributed by atoms with E-state index in [-0.39, 0.29) is 5.91 Å². The molecule has 2 N–H and O–H groups in total. The molecule has 1 heterocycles. The number of rotatable bonds is 8. The molecule has 0 aliphatic rings. The Labute approximate surface area is 152 Å². The minimum Gasteiger partial charge on any atom is -0.355 e. The second-order valence-corrected chi connectivity index (χ2v) is 7.23. The smallest absolute Gasteiger partial charge is 0.220 e. The zero-order valence-electron chi connectivity index (χ0n) is 14.4. The van der Waals surface area contributed by atoms with Gasteiger partial charge in [-0.05, 0) is 37.6 Å². The molecule has 0 saturated heterocycles. The van der Waals surface area contributed by atoms with Crippen molar-refractivity contribution in [3.05, 3.63) is 59.9 Å². The summed E-state index contributed by atoms with van der Waals surface area (Å²) in [6.45, 7) is 2.78. The van der Waals surface area contributed by atoms with Crippen molar-refractivity contribution in [2.24, 2.45) is 0 Å². The number of nitrogens with one attached hydrogen (secondary N) is 2. The fourth-order valence-corrected chi connectivity index (χ4v) is 3.39. The van der Waals surface area contributed by atoms with E-state index in [1.807, 2.05) is 24.3 Å². The van der Waals surface area contributed by atoms with Crippen LogP contribution in [0, 0.1) is 6.92 Å². The number of carbonyl (C=O) groups is 1. The fraction of sp³-hybridized carbons (Fsp3) is 0.300. The van der Waals surface area contributed by atoms with Crippen LogP contribution in [0.5, 0.6) is 0 Å². The number of benzene rings is 2. The highest BCUT2D eigenvalue weighted by Crippen LogP contribution is 2.17. The third-order valence-electron chi connectivity index (χ3n) is 3.97. The third kappa shape index (κ3) is 5.36. The summed E-state index contributed by atoms with van der Waals surface area (Å²) >= 11 is 1.76. The van der Waals surface area contributed by atoms with Crippen LogP contribution in [0.25, 0.3) is 11.0 Å². The molecule has 0 unspecified atom stereocenters. The first-order chi connectivity index (χ1) is 12.2. The predicted molar refractivity (Wildman–Crippen MR) is 104 cm³/mol. The van der Waals surface area contributed by atoms with Gasteiger partial charge in [0.15, 0.2) is 0 Å². The lowest BCUT2D eigenvalue weighted by Gasteiger charge is -2.05. The lowest BCUT2D eigenvalue weighted by molar-refractivity contribution is -0.121. The van der Waals surface area contributed by atoms with Crippen molar-refractivity contribution in [2.75, 3.05) is 12.3 Å². The van der Waals surface area contributed by atoms with Crippen molar-refractivity contribution >= 4 is 28.7 Å². The van der Waals surface area contributed by atoms with Gasteiger partial charge >= 0.3 is 0 Å². The summed E-state index contributed by atoms with van der Waals surface area (Å²) in [7, 11) is 0. The molecule has 0 fully saturated rings. The first-order valence-electron chi connectivity index (χ1n) is 8.60. The SMILES string of the molecule is Cc1ccc(SCCNC(=O)CCCc2nc3ccccc3[nH]2)cc1. The van der Waals surface area contributed by atoms with Crippen LogP contribution in [0.2, 0.25) is 0 Å². The Hall–Kier alpha value is -2.27. The van der Waals surface area contributed by atoms with E-state index in [9.17, 15) is 4.79 Å². The number of nitrogens with zero attached hydrogens (tertiary/aromatic N) is 1. The summed E-state index contributed by atoms with van der Waals surface area (Å²) in [5, 5.41) is 2.99. The number of carbonyl (C=O) groups excluding carboxylic acids is 1. The zero-order valence-corrected chi connectivity index (χ0v) is 15.2. The highest BCUT2D eigenvalue weighted by atomic mass is 32.2. The molecular formula is C20H23N3OS. The molecule has 5 heteroatoms. The molecule has 0 atom stereocenters. The highest BCUT2D eigenvalue weighted by Gasteiger charge is 2.05. The zero-order chi connectivity index (χ0) is 17.5. The number of H-pyrrole nitrogens is 1. The van der Waals surface area contributed by atoms with E-state index in [2.05, 4.69) is 46.5 Å². The number of hydrogen-bond acceptors (Lipinski definition) is 3. The number of amides is 1. The van der Waals surface area contributed by atoms with Crippen LogP contribution in [0.3, 0.4) is 0 Å². The number of imidazole rings is 1. The Morgan fingerprint density at radius 1 is 1.16 bits per heavy atom. The van der Waals surface area contributed by atoms with Crippen LogP contribution in [-0.4, -0.2) is 28.2 Å². The number of para-hydroxylation sites is 2. The quantitative estimate of drug-likeness (QED) is 0.473. The molecule has 0 saturated carbocycles. The van der Waals surface area contributed by atoms with Crippen molar-refractivity contribution in [2.45, 2.75) is 31.1 Å². The molecule has 25 heavy (non-hydrogen) atoms. The Morgan fingerprint density at radius 2 is 1.96 bits per heavy atom. The van der Waals surface area contributed by atoms with Crippen molar-refractivity contribution in [3.63, 3.8) is 0 Å². The summed E-state index contributed by atoms with van der Waals surface area (Å²) in [5.41, 5.74) is 3.30. The molecule has 0 bridgehead atoms. The van der Waals surface area contributed by atoms with Gasteiger partial charge in [0.2, 0.25) is 5.91 Å². The van der Waals surface area contributed by atoms with E-state index >= 15 is 0 Å². The standard InChI is InChI=1S/C20H23N3OS/c1-15-9-11-16(12-10-15)25-14-13-21-20(24)8-4-7-19-22-17-5-2-3-6-18(17)23-19/h2-3,5-6,9-12H,4,7-8,13-14H2,1H3,(H,21,24)(H,22,23). The van der Waals surface area contributed by atoms with E-state index in [0.29, 0.717) is 13.0 Å². The van der Waals surface area contributed by atoms with Gasteiger partial charge in [0.1, 0.15) is 5.82 Å². The number of aromatic amines is 1. The number of thioether (sulfide) groups is 1. The molecule has 3 rings (SSSR count). The van der Waals surface area contributed by atoms with Gasteiger partial charge in [-0.15, -0.1) is 11.8 Å². The summed E-state index contributed by atoms with van der Waals surface area (Å²) in [6.07, 6.45) is 2.13. The van der Waals surface area contributed by atoms with Crippen LogP contribution < -0.4 is 5.32 Å². The number of hydrogen-bond donors (Lipinski definition) is 2. The third-order valence-corrected chi connectivity index (χ3v) is 4.98. The maximum absolute atomic E-state index is 11.9. The molecule has 1 amide bonds. The lowest BCUT2D eigenvalue weighted by Crippen LogP contribution is -2.25. The van der Waals surface area contributed by atoms with Gasteiger partial charge in [0.05, 0.1) is 11.0 Å². The maximum Gasteiger partial charge on any atom is 0.220 e. The molecule has 0 aliphatic carbocycles. The van der Waals surface area contributed by atoms with Gasteiger partial charge in [-0.1, -0.05) is 29.8 Å².